The van der Waals surface area contributed by atoms with Crippen molar-refractivity contribution in [3.05, 3.63) is 30.3 Å². The molecule has 6 heteroatoms. The molecule has 27 heavy (non-hydrogen) atoms. The fourth-order valence-electron chi connectivity index (χ4n) is 3.92. The number of likely N-dealkylation sites (tertiary alicyclic amines) is 1. The second-order valence-corrected chi connectivity index (χ2v) is 9.20. The Labute approximate surface area is 167 Å². The molecule has 1 unspecified atom stereocenters. The number of carbonyl (C=O) groups excluding carboxylic acids is 1. The Morgan fingerprint density at radius 1 is 1.30 bits per heavy atom. The predicted octanol–water partition coefficient (Wildman–Crippen LogP) is 3.27. The van der Waals surface area contributed by atoms with Crippen molar-refractivity contribution in [3.8, 4) is 0 Å². The van der Waals surface area contributed by atoms with E-state index in [4.69, 9.17) is 4.99 Å². The van der Waals surface area contributed by atoms with Crippen LogP contribution in [0.5, 0.6) is 0 Å². The summed E-state index contributed by atoms with van der Waals surface area (Å²) in [5.74, 6) is 1.12. The molecule has 0 spiro atoms. The molecule has 1 aromatic rings. The molecule has 0 radical (unpaired) electrons. The zero-order valence-corrected chi connectivity index (χ0v) is 17.4. The second-order valence-electron chi connectivity index (χ2n) is 7.65. The van der Waals surface area contributed by atoms with Crippen LogP contribution in [-0.2, 0) is 4.79 Å². The number of benzene rings is 1. The van der Waals surface area contributed by atoms with Gasteiger partial charge in [-0.3, -0.25) is 9.79 Å². The molecule has 1 heterocycles. The van der Waals surface area contributed by atoms with Gasteiger partial charge in [0, 0.05) is 42.2 Å². The summed E-state index contributed by atoms with van der Waals surface area (Å²) in [4.78, 5) is 19.8. The summed E-state index contributed by atoms with van der Waals surface area (Å²) in [5.41, 5.74) is 0. The van der Waals surface area contributed by atoms with E-state index in [0.29, 0.717) is 6.42 Å². The number of carbonyl (C=O) groups is 1. The van der Waals surface area contributed by atoms with Crippen molar-refractivity contribution in [2.75, 3.05) is 26.7 Å². The number of rotatable bonds is 6. The molecule has 5 nitrogen and oxygen atoms in total. The van der Waals surface area contributed by atoms with Crippen LogP contribution in [0.15, 0.2) is 40.2 Å². The zero-order chi connectivity index (χ0) is 19.1. The van der Waals surface area contributed by atoms with Crippen molar-refractivity contribution in [3.63, 3.8) is 0 Å². The highest BCUT2D eigenvalue weighted by Gasteiger charge is 2.35. The minimum atomic E-state index is 0.197. The van der Waals surface area contributed by atoms with Crippen LogP contribution in [0.3, 0.4) is 0 Å². The second kappa shape index (κ2) is 9.49. The first kappa shape index (κ1) is 20.1. The SMILES string of the molecule is CCNC(=NCC1(Sc2ccccc2)CCCC1)NC1CCC(=O)N(C)C1. The quantitative estimate of drug-likeness (QED) is 0.580. The van der Waals surface area contributed by atoms with E-state index >= 15 is 0 Å². The molecular formula is C21H32N4OS. The average molecular weight is 389 g/mol. The molecule has 1 amide bonds. The van der Waals surface area contributed by atoms with Crippen molar-refractivity contribution in [1.29, 1.82) is 0 Å². The number of nitrogens with zero attached hydrogens (tertiary/aromatic N) is 2. The van der Waals surface area contributed by atoms with E-state index in [1.165, 1.54) is 30.6 Å². The lowest BCUT2D eigenvalue weighted by atomic mass is 10.1. The highest BCUT2D eigenvalue weighted by molar-refractivity contribution is 8.00. The number of hydrogen-bond donors (Lipinski definition) is 2. The van der Waals surface area contributed by atoms with E-state index in [9.17, 15) is 4.79 Å². The standard InChI is InChI=1S/C21H32N4OS/c1-3-22-20(24-17-11-12-19(26)25(2)15-17)23-16-21(13-7-8-14-21)27-18-9-5-4-6-10-18/h4-6,9-10,17H,3,7-8,11-16H2,1-2H3,(H2,22,23,24). The van der Waals surface area contributed by atoms with Crippen LogP contribution >= 0.6 is 11.8 Å². The van der Waals surface area contributed by atoms with Crippen LogP contribution < -0.4 is 10.6 Å². The molecule has 1 aromatic carbocycles. The minimum Gasteiger partial charge on any atom is -0.357 e. The molecule has 1 aliphatic heterocycles. The molecule has 148 valence electrons. The lowest BCUT2D eigenvalue weighted by Gasteiger charge is -2.32. The normalized spacial score (nSPS) is 22.7. The van der Waals surface area contributed by atoms with Crippen molar-refractivity contribution < 1.29 is 4.79 Å². The first-order chi connectivity index (χ1) is 13.1. The van der Waals surface area contributed by atoms with Gasteiger partial charge in [0.2, 0.25) is 5.91 Å². The van der Waals surface area contributed by atoms with Gasteiger partial charge in [-0.15, -0.1) is 11.8 Å². The highest BCUT2D eigenvalue weighted by Crippen LogP contribution is 2.45. The van der Waals surface area contributed by atoms with Crippen LogP contribution in [0.2, 0.25) is 0 Å². The van der Waals surface area contributed by atoms with Gasteiger partial charge in [0.1, 0.15) is 0 Å². The van der Waals surface area contributed by atoms with E-state index < -0.39 is 0 Å². The number of nitrogens with one attached hydrogen (secondary N) is 2. The maximum atomic E-state index is 11.7. The number of piperidine rings is 1. The Balaban J connectivity index is 1.65. The topological polar surface area (TPSA) is 56.7 Å². The van der Waals surface area contributed by atoms with Crippen molar-refractivity contribution in [2.45, 2.75) is 61.1 Å². The van der Waals surface area contributed by atoms with Gasteiger partial charge in [-0.1, -0.05) is 31.0 Å². The van der Waals surface area contributed by atoms with Gasteiger partial charge in [0.15, 0.2) is 5.96 Å². The molecule has 1 aliphatic carbocycles. The Kier molecular flexibility index (Phi) is 7.05. The predicted molar refractivity (Wildman–Crippen MR) is 113 cm³/mol. The van der Waals surface area contributed by atoms with Gasteiger partial charge in [0.05, 0.1) is 6.54 Å². The van der Waals surface area contributed by atoms with E-state index in [1.54, 1.807) is 0 Å². The third kappa shape index (κ3) is 5.64. The van der Waals surface area contributed by atoms with Crippen LogP contribution in [-0.4, -0.2) is 54.2 Å². The Bertz CT molecular complexity index is 643. The van der Waals surface area contributed by atoms with Gasteiger partial charge in [-0.25, -0.2) is 0 Å². The molecule has 1 atom stereocenters. The lowest BCUT2D eigenvalue weighted by molar-refractivity contribution is -0.132. The van der Waals surface area contributed by atoms with Crippen LogP contribution in [0, 0.1) is 0 Å². The number of amides is 1. The Hall–Kier alpha value is -1.69. The molecular weight excluding hydrogens is 356 g/mol. The van der Waals surface area contributed by atoms with Gasteiger partial charge in [-0.2, -0.15) is 0 Å². The molecule has 2 fully saturated rings. The largest absolute Gasteiger partial charge is 0.357 e. The third-order valence-corrected chi connectivity index (χ3v) is 6.91. The van der Waals surface area contributed by atoms with E-state index in [0.717, 1.165) is 32.0 Å². The summed E-state index contributed by atoms with van der Waals surface area (Å²) in [6, 6.07) is 11.0. The van der Waals surface area contributed by atoms with Crippen LogP contribution in [0.25, 0.3) is 0 Å². The first-order valence-corrected chi connectivity index (χ1v) is 10.9. The molecule has 0 aromatic heterocycles. The number of likely N-dealkylation sites (N-methyl/N-ethyl adjacent to an activating group) is 1. The molecule has 2 aliphatic rings. The number of thioether (sulfide) groups is 1. The maximum absolute atomic E-state index is 11.7. The smallest absolute Gasteiger partial charge is 0.222 e. The number of hydrogen-bond acceptors (Lipinski definition) is 3. The monoisotopic (exact) mass is 388 g/mol. The fourth-order valence-corrected chi connectivity index (χ4v) is 5.33. The van der Waals surface area contributed by atoms with Crippen LogP contribution in [0.1, 0.15) is 45.4 Å². The number of guanidine groups is 1. The first-order valence-electron chi connectivity index (χ1n) is 10.1. The van der Waals surface area contributed by atoms with E-state index in [1.807, 2.05) is 23.7 Å². The van der Waals surface area contributed by atoms with Gasteiger partial charge >= 0.3 is 0 Å². The van der Waals surface area contributed by atoms with Crippen molar-refractivity contribution >= 4 is 23.6 Å². The van der Waals surface area contributed by atoms with Crippen LogP contribution in [0.4, 0.5) is 0 Å². The highest BCUT2D eigenvalue weighted by atomic mass is 32.2. The maximum Gasteiger partial charge on any atom is 0.222 e. The molecule has 1 saturated heterocycles. The third-order valence-electron chi connectivity index (χ3n) is 5.43. The minimum absolute atomic E-state index is 0.197. The number of aliphatic imine (C=N–C) groups is 1. The van der Waals surface area contributed by atoms with Crippen molar-refractivity contribution in [2.24, 2.45) is 4.99 Å². The fraction of sp³-hybridized carbons (Fsp3) is 0.619. The summed E-state index contributed by atoms with van der Waals surface area (Å²) in [7, 11) is 1.88. The summed E-state index contributed by atoms with van der Waals surface area (Å²) in [6.45, 7) is 4.50. The summed E-state index contributed by atoms with van der Waals surface area (Å²) < 4.78 is 0.197. The van der Waals surface area contributed by atoms with E-state index in [-0.39, 0.29) is 16.7 Å². The zero-order valence-electron chi connectivity index (χ0n) is 16.5. The van der Waals surface area contributed by atoms with Gasteiger partial charge < -0.3 is 15.5 Å². The average Bonchev–Trinajstić information content (AvgIpc) is 3.12. The molecule has 3 rings (SSSR count). The summed E-state index contributed by atoms with van der Waals surface area (Å²) in [6.07, 6.45) is 6.49. The molecule has 2 N–H and O–H groups in total. The lowest BCUT2D eigenvalue weighted by Crippen LogP contribution is -2.52. The van der Waals surface area contributed by atoms with E-state index in [2.05, 4.69) is 47.9 Å². The van der Waals surface area contributed by atoms with Gasteiger partial charge in [-0.05, 0) is 38.3 Å². The van der Waals surface area contributed by atoms with Gasteiger partial charge in [0.25, 0.3) is 0 Å². The summed E-state index contributed by atoms with van der Waals surface area (Å²) >= 11 is 1.99. The molecule has 1 saturated carbocycles. The summed E-state index contributed by atoms with van der Waals surface area (Å²) in [5, 5.41) is 6.94. The Morgan fingerprint density at radius 3 is 2.70 bits per heavy atom. The molecule has 0 bridgehead atoms. The Morgan fingerprint density at radius 2 is 2.04 bits per heavy atom. The van der Waals surface area contributed by atoms with Crippen molar-refractivity contribution in [1.82, 2.24) is 15.5 Å².